The SMILES string of the molecule is COc1ccc(CCNC(=O)Nc2c(C(C)(C)C)nn(C(C)(C)C)c2N)cc1. The van der Waals surface area contributed by atoms with Gasteiger partial charge in [0.1, 0.15) is 17.3 Å². The van der Waals surface area contributed by atoms with E-state index in [4.69, 9.17) is 10.5 Å². The van der Waals surface area contributed by atoms with Gasteiger partial charge in [-0.25, -0.2) is 9.48 Å². The number of ether oxygens (including phenoxy) is 1. The number of anilines is 2. The third-order valence-electron chi connectivity index (χ3n) is 4.36. The molecule has 7 heteroatoms. The summed E-state index contributed by atoms with van der Waals surface area (Å²) in [5.74, 6) is 1.28. The molecule has 2 amide bonds. The molecule has 0 saturated carbocycles. The van der Waals surface area contributed by atoms with Gasteiger partial charge >= 0.3 is 6.03 Å². The Morgan fingerprint density at radius 3 is 2.25 bits per heavy atom. The molecular formula is C21H33N5O2. The van der Waals surface area contributed by atoms with Crippen LogP contribution in [0.3, 0.4) is 0 Å². The van der Waals surface area contributed by atoms with Crippen molar-refractivity contribution in [3.05, 3.63) is 35.5 Å². The van der Waals surface area contributed by atoms with Crippen LogP contribution in [0.1, 0.15) is 52.8 Å². The lowest BCUT2D eigenvalue weighted by Crippen LogP contribution is -2.31. The molecule has 0 spiro atoms. The molecule has 0 atom stereocenters. The van der Waals surface area contributed by atoms with Gasteiger partial charge in [0.25, 0.3) is 0 Å². The molecule has 2 rings (SSSR count). The summed E-state index contributed by atoms with van der Waals surface area (Å²) in [7, 11) is 1.64. The lowest BCUT2D eigenvalue weighted by molar-refractivity contribution is 0.252. The van der Waals surface area contributed by atoms with Crippen LogP contribution in [0.25, 0.3) is 0 Å². The number of benzene rings is 1. The van der Waals surface area contributed by atoms with Crippen molar-refractivity contribution < 1.29 is 9.53 Å². The van der Waals surface area contributed by atoms with Crippen LogP contribution in [0.5, 0.6) is 5.75 Å². The molecule has 7 nitrogen and oxygen atoms in total. The summed E-state index contributed by atoms with van der Waals surface area (Å²) < 4.78 is 6.92. The van der Waals surface area contributed by atoms with Crippen molar-refractivity contribution in [1.82, 2.24) is 15.1 Å². The highest BCUT2D eigenvalue weighted by Crippen LogP contribution is 2.35. The van der Waals surface area contributed by atoms with Crippen molar-refractivity contribution in [2.24, 2.45) is 0 Å². The van der Waals surface area contributed by atoms with Crippen molar-refractivity contribution in [1.29, 1.82) is 0 Å². The number of nitrogens with two attached hydrogens (primary N) is 1. The van der Waals surface area contributed by atoms with Crippen molar-refractivity contribution in [2.75, 3.05) is 24.7 Å². The molecule has 0 aliphatic rings. The zero-order valence-corrected chi connectivity index (χ0v) is 18.0. The third-order valence-corrected chi connectivity index (χ3v) is 4.36. The number of amides is 2. The molecule has 0 saturated heterocycles. The topological polar surface area (TPSA) is 94.2 Å². The summed E-state index contributed by atoms with van der Waals surface area (Å²) in [5.41, 5.74) is 8.26. The molecule has 1 aromatic heterocycles. The van der Waals surface area contributed by atoms with Gasteiger partial charge in [-0.2, -0.15) is 5.10 Å². The first-order valence-electron chi connectivity index (χ1n) is 9.50. The van der Waals surface area contributed by atoms with Gasteiger partial charge in [-0.15, -0.1) is 0 Å². The summed E-state index contributed by atoms with van der Waals surface area (Å²) in [6, 6.07) is 7.50. The van der Waals surface area contributed by atoms with Crippen molar-refractivity contribution in [3.63, 3.8) is 0 Å². The van der Waals surface area contributed by atoms with E-state index in [2.05, 4.69) is 36.5 Å². The van der Waals surface area contributed by atoms with Gasteiger partial charge in [-0.1, -0.05) is 32.9 Å². The minimum Gasteiger partial charge on any atom is -0.497 e. The number of carbonyl (C=O) groups is 1. The van der Waals surface area contributed by atoms with Gasteiger partial charge in [0, 0.05) is 12.0 Å². The minimum atomic E-state index is -0.292. The molecule has 154 valence electrons. The molecule has 1 heterocycles. The lowest BCUT2D eigenvalue weighted by Gasteiger charge is -2.21. The van der Waals surface area contributed by atoms with E-state index in [1.54, 1.807) is 11.8 Å². The quantitative estimate of drug-likeness (QED) is 0.725. The van der Waals surface area contributed by atoms with E-state index in [1.807, 2.05) is 45.0 Å². The Labute approximate surface area is 167 Å². The highest BCUT2D eigenvalue weighted by molar-refractivity contribution is 5.93. The first-order chi connectivity index (χ1) is 12.9. The van der Waals surface area contributed by atoms with E-state index in [-0.39, 0.29) is 17.0 Å². The fourth-order valence-electron chi connectivity index (χ4n) is 2.86. The fraction of sp³-hybridized carbons (Fsp3) is 0.524. The Morgan fingerprint density at radius 1 is 1.14 bits per heavy atom. The minimum absolute atomic E-state index is 0.254. The second-order valence-electron chi connectivity index (χ2n) is 8.92. The van der Waals surface area contributed by atoms with E-state index in [0.717, 1.165) is 23.4 Å². The summed E-state index contributed by atoms with van der Waals surface area (Å²) in [6.45, 7) is 12.7. The smallest absolute Gasteiger partial charge is 0.319 e. The van der Waals surface area contributed by atoms with Gasteiger partial charge in [-0.3, -0.25) is 0 Å². The van der Waals surface area contributed by atoms with Gasteiger partial charge in [0.15, 0.2) is 0 Å². The maximum atomic E-state index is 12.5. The van der Waals surface area contributed by atoms with E-state index < -0.39 is 0 Å². The van der Waals surface area contributed by atoms with Crippen molar-refractivity contribution >= 4 is 17.5 Å². The summed E-state index contributed by atoms with van der Waals surface area (Å²) in [4.78, 5) is 12.5. The maximum absolute atomic E-state index is 12.5. The first-order valence-corrected chi connectivity index (χ1v) is 9.50. The second kappa shape index (κ2) is 8.12. The molecule has 0 fully saturated rings. The number of urea groups is 1. The Kier molecular flexibility index (Phi) is 6.27. The predicted octanol–water partition coefficient (Wildman–Crippen LogP) is 3.89. The average molecular weight is 388 g/mol. The Hall–Kier alpha value is -2.70. The zero-order valence-electron chi connectivity index (χ0n) is 18.0. The Balaban J connectivity index is 2.07. The highest BCUT2D eigenvalue weighted by Gasteiger charge is 2.30. The van der Waals surface area contributed by atoms with Gasteiger partial charge < -0.3 is 21.1 Å². The Morgan fingerprint density at radius 2 is 1.75 bits per heavy atom. The van der Waals surface area contributed by atoms with Crippen LogP contribution in [0.4, 0.5) is 16.3 Å². The van der Waals surface area contributed by atoms with Crippen LogP contribution in [-0.2, 0) is 17.4 Å². The van der Waals surface area contributed by atoms with Gasteiger partial charge in [0.05, 0.1) is 18.3 Å². The zero-order chi connectivity index (χ0) is 21.1. The van der Waals surface area contributed by atoms with Crippen LogP contribution < -0.4 is 21.1 Å². The van der Waals surface area contributed by atoms with E-state index in [9.17, 15) is 4.79 Å². The molecule has 0 radical (unpaired) electrons. The number of aromatic nitrogens is 2. The second-order valence-corrected chi connectivity index (χ2v) is 8.92. The highest BCUT2D eigenvalue weighted by atomic mass is 16.5. The standard InChI is InChI=1S/C21H33N5O2/c1-20(2,3)17-16(18(22)26(25-17)21(4,5)6)24-19(27)23-13-12-14-8-10-15(28-7)11-9-14/h8-11H,12-13,22H2,1-7H3,(H2,23,24,27). The number of hydrogen-bond donors (Lipinski definition) is 3. The van der Waals surface area contributed by atoms with Crippen molar-refractivity contribution in [2.45, 2.75) is 58.9 Å². The fourth-order valence-corrected chi connectivity index (χ4v) is 2.86. The van der Waals surface area contributed by atoms with E-state index >= 15 is 0 Å². The third kappa shape index (κ3) is 5.18. The number of nitrogens with one attached hydrogen (secondary N) is 2. The number of carbonyl (C=O) groups excluding carboxylic acids is 1. The maximum Gasteiger partial charge on any atom is 0.319 e. The molecule has 2 aromatic rings. The van der Waals surface area contributed by atoms with Crippen LogP contribution in [0.15, 0.2) is 24.3 Å². The first kappa shape index (κ1) is 21.6. The van der Waals surface area contributed by atoms with Crippen LogP contribution in [0, 0.1) is 0 Å². The Bertz CT molecular complexity index is 811. The molecule has 4 N–H and O–H groups in total. The number of hydrogen-bond acceptors (Lipinski definition) is 4. The van der Waals surface area contributed by atoms with Crippen LogP contribution in [0.2, 0.25) is 0 Å². The number of rotatable bonds is 5. The molecule has 0 aliphatic heterocycles. The number of methoxy groups -OCH3 is 1. The molecule has 1 aromatic carbocycles. The van der Waals surface area contributed by atoms with Crippen LogP contribution in [-0.4, -0.2) is 29.5 Å². The number of nitrogens with zero attached hydrogens (tertiary/aromatic N) is 2. The summed E-state index contributed by atoms with van der Waals surface area (Å²) in [5, 5.41) is 10.5. The summed E-state index contributed by atoms with van der Waals surface area (Å²) in [6.07, 6.45) is 0.722. The van der Waals surface area contributed by atoms with Crippen molar-refractivity contribution in [3.8, 4) is 5.75 Å². The molecule has 0 bridgehead atoms. The summed E-state index contributed by atoms with van der Waals surface area (Å²) >= 11 is 0. The molecule has 0 unspecified atom stereocenters. The van der Waals surface area contributed by atoms with E-state index in [1.165, 1.54) is 0 Å². The van der Waals surface area contributed by atoms with Gasteiger partial charge in [-0.05, 0) is 44.9 Å². The van der Waals surface area contributed by atoms with Gasteiger partial charge in [0.2, 0.25) is 0 Å². The predicted molar refractivity (Wildman–Crippen MR) is 114 cm³/mol. The normalized spacial score (nSPS) is 12.0. The van der Waals surface area contributed by atoms with Crippen LogP contribution >= 0.6 is 0 Å². The number of nitrogen functional groups attached to an aromatic ring is 1. The molecule has 28 heavy (non-hydrogen) atoms. The monoisotopic (exact) mass is 387 g/mol. The molecule has 0 aliphatic carbocycles. The lowest BCUT2D eigenvalue weighted by atomic mass is 9.91. The largest absolute Gasteiger partial charge is 0.497 e. The average Bonchev–Trinajstić information content (AvgIpc) is 2.92. The van der Waals surface area contributed by atoms with E-state index in [0.29, 0.717) is 18.1 Å². The molecular weight excluding hydrogens is 354 g/mol.